The number of nitrogens with one attached hydrogen (secondary N) is 1. The highest BCUT2D eigenvalue weighted by Crippen LogP contribution is 2.30. The Labute approximate surface area is 133 Å². The first-order valence-electron chi connectivity index (χ1n) is 6.77. The lowest BCUT2D eigenvalue weighted by molar-refractivity contribution is -0.127. The number of hydrogen-bond donors (Lipinski definition) is 1. The first-order valence-corrected chi connectivity index (χ1v) is 9.41. The van der Waals surface area contributed by atoms with Crippen molar-refractivity contribution in [3.63, 3.8) is 0 Å². The summed E-state index contributed by atoms with van der Waals surface area (Å²) in [6, 6.07) is 6.29. The van der Waals surface area contributed by atoms with Gasteiger partial charge < -0.3 is 0 Å². The molecule has 22 heavy (non-hydrogen) atoms. The number of fused-ring (bicyclic) bond motifs is 1. The van der Waals surface area contributed by atoms with E-state index in [1.54, 1.807) is 24.3 Å². The Balaban J connectivity index is 1.84. The topological polar surface area (TPSA) is 90.7 Å². The molecule has 0 spiro atoms. The van der Waals surface area contributed by atoms with Crippen molar-refractivity contribution in [2.24, 2.45) is 4.99 Å². The van der Waals surface area contributed by atoms with Gasteiger partial charge >= 0.3 is 0 Å². The van der Waals surface area contributed by atoms with Crippen LogP contribution >= 0.6 is 11.8 Å². The van der Waals surface area contributed by atoms with E-state index in [0.717, 1.165) is 5.56 Å². The van der Waals surface area contributed by atoms with Crippen molar-refractivity contribution in [1.29, 1.82) is 5.41 Å². The lowest BCUT2D eigenvalue weighted by Gasteiger charge is -2.26. The number of hydrogen-bond acceptors (Lipinski definition) is 5. The van der Waals surface area contributed by atoms with Crippen molar-refractivity contribution in [2.45, 2.75) is 24.3 Å². The molecule has 2 aliphatic rings. The van der Waals surface area contributed by atoms with E-state index >= 15 is 0 Å². The monoisotopic (exact) mass is 337 g/mol. The molecule has 0 saturated carbocycles. The highest BCUT2D eigenvalue weighted by molar-refractivity contribution is 8.14. The highest BCUT2D eigenvalue weighted by Gasteiger charge is 2.40. The Kier molecular flexibility index (Phi) is 3.82. The Hall–Kier alpha value is -1.67. The minimum Gasteiger partial charge on any atom is -0.286 e. The molecule has 0 bridgehead atoms. The highest BCUT2D eigenvalue weighted by atomic mass is 32.2. The van der Waals surface area contributed by atoms with Crippen molar-refractivity contribution >= 4 is 38.5 Å². The number of aryl methyl sites for hydroxylation is 1. The van der Waals surface area contributed by atoms with Crippen LogP contribution in [-0.2, 0) is 14.6 Å². The van der Waals surface area contributed by atoms with Crippen LogP contribution in [0.15, 0.2) is 34.2 Å². The zero-order chi connectivity index (χ0) is 15.9. The molecule has 1 unspecified atom stereocenters. The molecule has 8 heteroatoms. The van der Waals surface area contributed by atoms with Gasteiger partial charge in [0.15, 0.2) is 15.0 Å². The molecule has 1 aromatic carbocycles. The van der Waals surface area contributed by atoms with Gasteiger partial charge in [-0.2, -0.15) is 0 Å². The average Bonchev–Trinajstić information content (AvgIpc) is 2.81. The second-order valence-electron chi connectivity index (χ2n) is 5.34. The zero-order valence-electron chi connectivity index (χ0n) is 11.9. The molecule has 1 amide bonds. The Morgan fingerprint density at radius 2 is 2.05 bits per heavy atom. The fourth-order valence-electron chi connectivity index (χ4n) is 2.47. The fraction of sp³-hybridized carbons (Fsp3) is 0.357. The van der Waals surface area contributed by atoms with Crippen LogP contribution in [-0.4, -0.2) is 47.8 Å². The number of benzene rings is 1. The molecule has 2 heterocycles. The second-order valence-corrected chi connectivity index (χ2v) is 8.36. The molecule has 3 rings (SSSR count). The van der Waals surface area contributed by atoms with Gasteiger partial charge in [0.1, 0.15) is 5.84 Å². The van der Waals surface area contributed by atoms with E-state index in [4.69, 9.17) is 5.41 Å². The van der Waals surface area contributed by atoms with E-state index in [9.17, 15) is 13.2 Å². The van der Waals surface area contributed by atoms with Crippen molar-refractivity contribution in [1.82, 2.24) is 4.90 Å². The minimum atomic E-state index is -3.46. The SMILES string of the molecule is Cc1ccc(S(=O)(=O)CC2CSC3=NC(=N)CC(=O)N32)cc1. The van der Waals surface area contributed by atoms with Crippen LogP contribution in [0.2, 0.25) is 0 Å². The molecule has 1 aromatic rings. The van der Waals surface area contributed by atoms with Gasteiger partial charge in [0.25, 0.3) is 0 Å². The van der Waals surface area contributed by atoms with E-state index in [0.29, 0.717) is 10.9 Å². The third kappa shape index (κ3) is 2.80. The van der Waals surface area contributed by atoms with E-state index in [1.807, 2.05) is 6.92 Å². The quantitative estimate of drug-likeness (QED) is 0.904. The molecule has 0 aromatic heterocycles. The summed E-state index contributed by atoms with van der Waals surface area (Å²) in [6.07, 6.45) is -0.0643. The van der Waals surface area contributed by atoms with E-state index < -0.39 is 15.9 Å². The molecule has 1 N–H and O–H groups in total. The van der Waals surface area contributed by atoms with Crippen LogP contribution in [0.25, 0.3) is 0 Å². The molecular formula is C14H15N3O3S2. The second kappa shape index (κ2) is 5.51. The van der Waals surface area contributed by atoms with Crippen molar-refractivity contribution in [3.8, 4) is 0 Å². The van der Waals surface area contributed by atoms with Crippen LogP contribution < -0.4 is 0 Å². The third-order valence-electron chi connectivity index (χ3n) is 3.59. The predicted molar refractivity (Wildman–Crippen MR) is 86.1 cm³/mol. The summed E-state index contributed by atoms with van der Waals surface area (Å²) in [4.78, 5) is 17.8. The normalized spacial score (nSPS) is 21.8. The summed E-state index contributed by atoms with van der Waals surface area (Å²) in [5, 5.41) is 7.95. The Bertz CT molecular complexity index is 769. The van der Waals surface area contributed by atoms with Crippen molar-refractivity contribution in [3.05, 3.63) is 29.8 Å². The van der Waals surface area contributed by atoms with Gasteiger partial charge in [0.05, 0.1) is 23.1 Å². The van der Waals surface area contributed by atoms with Crippen LogP contribution in [0.5, 0.6) is 0 Å². The molecule has 0 aliphatic carbocycles. The smallest absolute Gasteiger partial charge is 0.236 e. The number of aliphatic imine (C=N–C) groups is 1. The fourth-order valence-corrected chi connectivity index (χ4v) is 5.31. The predicted octanol–water partition coefficient (Wildman–Crippen LogP) is 1.45. The lowest BCUT2D eigenvalue weighted by atomic mass is 10.2. The molecule has 1 saturated heterocycles. The third-order valence-corrected chi connectivity index (χ3v) is 6.50. The van der Waals surface area contributed by atoms with Crippen LogP contribution in [0.1, 0.15) is 12.0 Å². The molecule has 1 atom stereocenters. The standard InChI is InChI=1S/C14H15N3O3S2/c1-9-2-4-11(5-3-9)22(19,20)8-10-7-21-14-16-12(15)6-13(18)17(10)14/h2-5,10,15H,6-8H2,1H3. The van der Waals surface area contributed by atoms with Crippen LogP contribution in [0.3, 0.4) is 0 Å². The number of amides is 1. The summed E-state index contributed by atoms with van der Waals surface area (Å²) in [6.45, 7) is 1.90. The van der Waals surface area contributed by atoms with E-state index in [2.05, 4.69) is 4.99 Å². The first-order chi connectivity index (χ1) is 10.4. The Morgan fingerprint density at radius 3 is 2.73 bits per heavy atom. The molecule has 116 valence electrons. The number of amidine groups is 2. The minimum absolute atomic E-state index is 0.0331. The largest absolute Gasteiger partial charge is 0.286 e. The zero-order valence-corrected chi connectivity index (χ0v) is 13.6. The van der Waals surface area contributed by atoms with Gasteiger partial charge in [-0.25, -0.2) is 13.4 Å². The Morgan fingerprint density at radius 1 is 1.36 bits per heavy atom. The summed E-state index contributed by atoms with van der Waals surface area (Å²) < 4.78 is 25.0. The van der Waals surface area contributed by atoms with Crippen LogP contribution in [0.4, 0.5) is 0 Å². The van der Waals surface area contributed by atoms with Gasteiger partial charge in [-0.1, -0.05) is 29.5 Å². The van der Waals surface area contributed by atoms with Crippen LogP contribution in [0, 0.1) is 12.3 Å². The summed E-state index contributed by atoms with van der Waals surface area (Å²) >= 11 is 1.33. The molecule has 0 radical (unpaired) electrons. The first kappa shape index (κ1) is 15.2. The molecular weight excluding hydrogens is 322 g/mol. The number of thioether (sulfide) groups is 1. The van der Waals surface area contributed by atoms with Gasteiger partial charge in [0.2, 0.25) is 5.91 Å². The van der Waals surface area contributed by atoms with E-state index in [1.165, 1.54) is 16.7 Å². The summed E-state index contributed by atoms with van der Waals surface area (Å²) in [5.41, 5.74) is 0.995. The number of sulfone groups is 1. The van der Waals surface area contributed by atoms with Crippen molar-refractivity contribution < 1.29 is 13.2 Å². The van der Waals surface area contributed by atoms with E-state index in [-0.39, 0.29) is 28.8 Å². The maximum atomic E-state index is 12.5. The lowest BCUT2D eigenvalue weighted by Crippen LogP contribution is -2.45. The maximum absolute atomic E-state index is 12.5. The van der Waals surface area contributed by atoms with Gasteiger partial charge in [0, 0.05) is 5.75 Å². The number of carbonyl (C=O) groups excluding carboxylic acids is 1. The van der Waals surface area contributed by atoms with Gasteiger partial charge in [-0.3, -0.25) is 15.1 Å². The number of carbonyl (C=O) groups is 1. The number of rotatable bonds is 3. The van der Waals surface area contributed by atoms with Gasteiger partial charge in [-0.15, -0.1) is 0 Å². The molecule has 6 nitrogen and oxygen atoms in total. The molecule has 1 fully saturated rings. The number of nitrogens with zero attached hydrogens (tertiary/aromatic N) is 2. The average molecular weight is 337 g/mol. The summed E-state index contributed by atoms with van der Waals surface area (Å²) in [5.74, 6) is 0.152. The molecule has 2 aliphatic heterocycles. The van der Waals surface area contributed by atoms with Gasteiger partial charge in [-0.05, 0) is 19.1 Å². The summed E-state index contributed by atoms with van der Waals surface area (Å²) in [7, 11) is -3.46. The maximum Gasteiger partial charge on any atom is 0.236 e. The van der Waals surface area contributed by atoms with Crippen molar-refractivity contribution in [2.75, 3.05) is 11.5 Å².